The molecule has 1 aromatic heterocycles. The highest BCUT2D eigenvalue weighted by molar-refractivity contribution is 7.99. The number of halogens is 1. The highest BCUT2D eigenvalue weighted by Gasteiger charge is 2.15. The first-order chi connectivity index (χ1) is 9.49. The fourth-order valence-corrected chi connectivity index (χ4v) is 2.98. The first kappa shape index (κ1) is 15.2. The van der Waals surface area contributed by atoms with E-state index >= 15 is 0 Å². The molecule has 0 atom stereocenters. The van der Waals surface area contributed by atoms with Gasteiger partial charge in [-0.2, -0.15) is 0 Å². The van der Waals surface area contributed by atoms with E-state index in [9.17, 15) is 4.79 Å². The van der Waals surface area contributed by atoms with Crippen molar-refractivity contribution in [2.75, 3.05) is 5.75 Å². The van der Waals surface area contributed by atoms with Gasteiger partial charge in [0, 0.05) is 6.54 Å². The number of aryl methyl sites for hydroxylation is 1. The lowest BCUT2D eigenvalue weighted by Gasteiger charge is -2.10. The number of hydrogen-bond donors (Lipinski definition) is 1. The average Bonchev–Trinajstić information content (AvgIpc) is 2.73. The van der Waals surface area contributed by atoms with Crippen LogP contribution in [0.4, 0.5) is 0 Å². The number of aromatic nitrogens is 2. The number of fused-ring (bicyclic) bond motifs is 1. The van der Waals surface area contributed by atoms with Gasteiger partial charge in [0.05, 0.1) is 21.8 Å². The monoisotopic (exact) mass is 312 g/mol. The lowest BCUT2D eigenvalue weighted by molar-refractivity contribution is -0.133. The van der Waals surface area contributed by atoms with E-state index in [4.69, 9.17) is 16.7 Å². The summed E-state index contributed by atoms with van der Waals surface area (Å²) in [6, 6.07) is 5.59. The van der Waals surface area contributed by atoms with Gasteiger partial charge in [-0.05, 0) is 24.5 Å². The Morgan fingerprint density at radius 1 is 1.50 bits per heavy atom. The number of carboxylic acids is 1. The number of rotatable bonds is 6. The summed E-state index contributed by atoms with van der Waals surface area (Å²) in [6.45, 7) is 5.11. The summed E-state index contributed by atoms with van der Waals surface area (Å²) >= 11 is 7.50. The van der Waals surface area contributed by atoms with Crippen LogP contribution in [0.15, 0.2) is 23.4 Å². The highest BCUT2D eigenvalue weighted by Crippen LogP contribution is 2.29. The Hall–Kier alpha value is -1.20. The molecule has 1 heterocycles. The number of para-hydroxylation sites is 1. The van der Waals surface area contributed by atoms with E-state index in [1.54, 1.807) is 0 Å². The number of benzene rings is 1. The molecule has 0 spiro atoms. The minimum absolute atomic E-state index is 0.00260. The maximum Gasteiger partial charge on any atom is 0.313 e. The minimum Gasteiger partial charge on any atom is -0.481 e. The molecule has 1 N–H and O–H groups in total. The summed E-state index contributed by atoms with van der Waals surface area (Å²) in [5.41, 5.74) is 1.71. The van der Waals surface area contributed by atoms with E-state index in [1.165, 1.54) is 11.8 Å². The SMILES string of the molecule is CC(C)CCn1c(SCC(=O)O)nc2cccc(Cl)c21. The van der Waals surface area contributed by atoms with Crippen molar-refractivity contribution in [1.82, 2.24) is 9.55 Å². The van der Waals surface area contributed by atoms with Crippen molar-refractivity contribution in [2.24, 2.45) is 5.92 Å². The summed E-state index contributed by atoms with van der Waals surface area (Å²) < 4.78 is 2.03. The summed E-state index contributed by atoms with van der Waals surface area (Å²) in [4.78, 5) is 15.2. The molecule has 0 aliphatic carbocycles. The highest BCUT2D eigenvalue weighted by atomic mass is 35.5. The maximum absolute atomic E-state index is 10.7. The molecule has 0 radical (unpaired) electrons. The number of hydrogen-bond acceptors (Lipinski definition) is 3. The van der Waals surface area contributed by atoms with Crippen LogP contribution in [-0.2, 0) is 11.3 Å². The molecule has 0 aliphatic rings. The summed E-state index contributed by atoms with van der Waals surface area (Å²) in [6.07, 6.45) is 0.997. The lowest BCUT2D eigenvalue weighted by atomic mass is 10.1. The molecule has 2 aromatic rings. The third-order valence-corrected chi connectivity index (χ3v) is 4.20. The quantitative estimate of drug-likeness (QED) is 0.822. The van der Waals surface area contributed by atoms with Gasteiger partial charge in [-0.25, -0.2) is 4.98 Å². The second-order valence-corrected chi connectivity index (χ2v) is 6.37. The molecule has 108 valence electrons. The molecule has 0 fully saturated rings. The fraction of sp³-hybridized carbons (Fsp3) is 0.429. The van der Waals surface area contributed by atoms with Crippen molar-refractivity contribution >= 4 is 40.4 Å². The van der Waals surface area contributed by atoms with Crippen molar-refractivity contribution in [3.05, 3.63) is 23.2 Å². The van der Waals surface area contributed by atoms with Gasteiger partial charge in [0.2, 0.25) is 0 Å². The van der Waals surface area contributed by atoms with Crippen LogP contribution in [0, 0.1) is 5.92 Å². The van der Waals surface area contributed by atoms with Crippen molar-refractivity contribution < 1.29 is 9.90 Å². The van der Waals surface area contributed by atoms with Crippen molar-refractivity contribution in [2.45, 2.75) is 32.0 Å². The van der Waals surface area contributed by atoms with Crippen molar-refractivity contribution in [3.63, 3.8) is 0 Å². The predicted molar refractivity (Wildman–Crippen MR) is 82.6 cm³/mol. The van der Waals surface area contributed by atoms with Crippen LogP contribution < -0.4 is 0 Å². The predicted octanol–water partition coefficient (Wildman–Crippen LogP) is 3.91. The Kier molecular flexibility index (Phi) is 4.94. The number of nitrogens with zero attached hydrogens (tertiary/aromatic N) is 2. The third kappa shape index (κ3) is 3.46. The molecule has 0 aliphatic heterocycles. The molecule has 0 unspecified atom stereocenters. The smallest absolute Gasteiger partial charge is 0.313 e. The largest absolute Gasteiger partial charge is 0.481 e. The van der Waals surface area contributed by atoms with E-state index in [2.05, 4.69) is 18.8 Å². The van der Waals surface area contributed by atoms with E-state index < -0.39 is 5.97 Å². The fourth-order valence-electron chi connectivity index (χ4n) is 1.95. The number of imidazole rings is 1. The summed E-state index contributed by atoms with van der Waals surface area (Å²) in [7, 11) is 0. The molecule has 0 amide bonds. The molecular weight excluding hydrogens is 296 g/mol. The minimum atomic E-state index is -0.844. The Morgan fingerprint density at radius 3 is 2.90 bits per heavy atom. The summed E-state index contributed by atoms with van der Waals surface area (Å²) in [5, 5.41) is 10.2. The van der Waals surface area contributed by atoms with Gasteiger partial charge in [0.15, 0.2) is 5.16 Å². The van der Waals surface area contributed by atoms with Crippen LogP contribution in [0.5, 0.6) is 0 Å². The molecule has 0 bridgehead atoms. The molecule has 0 saturated heterocycles. The number of carbonyl (C=O) groups is 1. The Balaban J connectivity index is 2.40. The zero-order valence-corrected chi connectivity index (χ0v) is 13.0. The van der Waals surface area contributed by atoms with E-state index in [-0.39, 0.29) is 5.75 Å². The molecule has 2 rings (SSSR count). The Morgan fingerprint density at radius 2 is 2.25 bits per heavy atom. The standard InChI is InChI=1S/C14H17ClN2O2S/c1-9(2)6-7-17-13-10(15)4-3-5-11(13)16-14(17)20-8-12(18)19/h3-5,9H,6-8H2,1-2H3,(H,18,19). The maximum atomic E-state index is 10.7. The zero-order chi connectivity index (χ0) is 14.7. The molecular formula is C14H17ClN2O2S. The van der Waals surface area contributed by atoms with E-state index in [0.29, 0.717) is 10.9 Å². The molecule has 20 heavy (non-hydrogen) atoms. The molecule has 4 nitrogen and oxygen atoms in total. The van der Waals surface area contributed by atoms with Gasteiger partial charge in [-0.1, -0.05) is 43.3 Å². The normalized spacial score (nSPS) is 11.4. The van der Waals surface area contributed by atoms with Gasteiger partial charge in [-0.15, -0.1) is 0 Å². The van der Waals surface area contributed by atoms with Gasteiger partial charge >= 0.3 is 5.97 Å². The molecule has 1 aromatic carbocycles. The Bertz CT molecular complexity index is 625. The van der Waals surface area contributed by atoms with Crippen LogP contribution in [-0.4, -0.2) is 26.4 Å². The topological polar surface area (TPSA) is 55.1 Å². The van der Waals surface area contributed by atoms with E-state index in [0.717, 1.165) is 29.2 Å². The second-order valence-electron chi connectivity index (χ2n) is 5.02. The molecule has 6 heteroatoms. The van der Waals surface area contributed by atoms with Crippen LogP contribution in [0.2, 0.25) is 5.02 Å². The third-order valence-electron chi connectivity index (χ3n) is 2.94. The van der Waals surface area contributed by atoms with Gasteiger partial charge in [0.25, 0.3) is 0 Å². The first-order valence-corrected chi connectivity index (χ1v) is 7.84. The van der Waals surface area contributed by atoms with Gasteiger partial charge < -0.3 is 9.67 Å². The summed E-state index contributed by atoms with van der Waals surface area (Å²) in [5.74, 6) is -0.279. The van der Waals surface area contributed by atoms with E-state index in [1.807, 2.05) is 22.8 Å². The molecule has 0 saturated carbocycles. The van der Waals surface area contributed by atoms with Crippen molar-refractivity contribution in [1.29, 1.82) is 0 Å². The average molecular weight is 313 g/mol. The van der Waals surface area contributed by atoms with Gasteiger partial charge in [-0.3, -0.25) is 4.79 Å². The second kappa shape index (κ2) is 6.50. The first-order valence-electron chi connectivity index (χ1n) is 6.48. The lowest BCUT2D eigenvalue weighted by Crippen LogP contribution is -2.05. The Labute approximate surface area is 127 Å². The van der Waals surface area contributed by atoms with Crippen LogP contribution in [0.3, 0.4) is 0 Å². The van der Waals surface area contributed by atoms with Crippen LogP contribution >= 0.6 is 23.4 Å². The van der Waals surface area contributed by atoms with Crippen LogP contribution in [0.25, 0.3) is 11.0 Å². The number of thioether (sulfide) groups is 1. The zero-order valence-electron chi connectivity index (χ0n) is 11.5. The van der Waals surface area contributed by atoms with Crippen molar-refractivity contribution in [3.8, 4) is 0 Å². The van der Waals surface area contributed by atoms with Crippen LogP contribution in [0.1, 0.15) is 20.3 Å². The number of aliphatic carboxylic acids is 1. The van der Waals surface area contributed by atoms with Gasteiger partial charge in [0.1, 0.15) is 0 Å². The number of carboxylic acid groups (broad SMARTS) is 1.